The molecule has 4 heteroatoms. The summed E-state index contributed by atoms with van der Waals surface area (Å²) in [5, 5.41) is 0.948. The van der Waals surface area contributed by atoms with Crippen molar-refractivity contribution in [3.63, 3.8) is 0 Å². The first-order chi connectivity index (χ1) is 11.2. The van der Waals surface area contributed by atoms with Gasteiger partial charge in [-0.25, -0.2) is 0 Å². The minimum absolute atomic E-state index is 0.263. The fourth-order valence-corrected chi connectivity index (χ4v) is 3.45. The number of hydrogen-bond acceptors (Lipinski definition) is 4. The van der Waals surface area contributed by atoms with Crippen LogP contribution in [0.1, 0.15) is 38.3 Å². The lowest BCUT2D eigenvalue weighted by Crippen LogP contribution is -2.26. The Hall–Kier alpha value is -1.81. The second-order valence-electron chi connectivity index (χ2n) is 6.42. The van der Waals surface area contributed by atoms with E-state index in [1.807, 2.05) is 24.3 Å². The number of nitrogens with zero attached hydrogens (tertiary/aromatic N) is 1. The zero-order valence-corrected chi connectivity index (χ0v) is 14.0. The molecule has 0 amide bonds. The quantitative estimate of drug-likeness (QED) is 0.907. The Morgan fingerprint density at radius 3 is 2.70 bits per heavy atom. The zero-order valence-electron chi connectivity index (χ0n) is 14.0. The summed E-state index contributed by atoms with van der Waals surface area (Å²) in [4.78, 5) is 4.67. The largest absolute Gasteiger partial charge is 0.490 e. The predicted octanol–water partition coefficient (Wildman–Crippen LogP) is 3.96. The minimum atomic E-state index is 0.263. The van der Waals surface area contributed by atoms with E-state index in [0.29, 0.717) is 5.92 Å². The molecule has 1 fully saturated rings. The molecule has 0 saturated heterocycles. The van der Waals surface area contributed by atoms with E-state index in [1.165, 1.54) is 0 Å². The van der Waals surface area contributed by atoms with Gasteiger partial charge in [0.2, 0.25) is 0 Å². The summed E-state index contributed by atoms with van der Waals surface area (Å²) in [7, 11) is 1.78. The van der Waals surface area contributed by atoms with E-state index in [-0.39, 0.29) is 6.10 Å². The van der Waals surface area contributed by atoms with Crippen LogP contribution in [0.2, 0.25) is 0 Å². The van der Waals surface area contributed by atoms with Gasteiger partial charge in [-0.05, 0) is 56.2 Å². The normalized spacial score (nSPS) is 21.5. The number of aryl methyl sites for hydroxylation is 1. The lowest BCUT2D eigenvalue weighted by atomic mass is 9.88. The van der Waals surface area contributed by atoms with E-state index in [0.717, 1.165) is 66.7 Å². The fraction of sp³-hybridized carbons (Fsp3) is 0.526. The van der Waals surface area contributed by atoms with Gasteiger partial charge in [-0.3, -0.25) is 4.98 Å². The van der Waals surface area contributed by atoms with Crippen LogP contribution in [-0.4, -0.2) is 24.8 Å². The van der Waals surface area contributed by atoms with Gasteiger partial charge in [-0.1, -0.05) is 13.0 Å². The molecule has 0 radical (unpaired) electrons. The molecule has 2 aromatic rings. The van der Waals surface area contributed by atoms with Crippen molar-refractivity contribution in [1.29, 1.82) is 0 Å². The molecule has 1 heterocycles. The van der Waals surface area contributed by atoms with Crippen LogP contribution in [0, 0.1) is 5.92 Å². The summed E-state index contributed by atoms with van der Waals surface area (Å²) in [5.41, 5.74) is 8.97. The molecule has 1 aromatic heterocycles. The van der Waals surface area contributed by atoms with E-state index in [9.17, 15) is 0 Å². The van der Waals surface area contributed by atoms with Crippen molar-refractivity contribution in [3.8, 4) is 5.75 Å². The lowest BCUT2D eigenvalue weighted by molar-refractivity contribution is 0.0848. The topological polar surface area (TPSA) is 57.4 Å². The Labute approximate surface area is 138 Å². The highest BCUT2D eigenvalue weighted by Gasteiger charge is 2.23. The van der Waals surface area contributed by atoms with Gasteiger partial charge in [0.05, 0.1) is 17.0 Å². The summed E-state index contributed by atoms with van der Waals surface area (Å²) < 4.78 is 11.6. The number of nitrogens with two attached hydrogens (primary N) is 1. The van der Waals surface area contributed by atoms with Gasteiger partial charge >= 0.3 is 0 Å². The number of rotatable bonds is 5. The van der Waals surface area contributed by atoms with Crippen LogP contribution in [0.25, 0.3) is 10.9 Å². The summed E-state index contributed by atoms with van der Waals surface area (Å²) in [6, 6.07) is 7.98. The molecular formula is C19H26N2O2. The monoisotopic (exact) mass is 314 g/mol. The Balaban J connectivity index is 1.78. The first-order valence-corrected chi connectivity index (χ1v) is 8.55. The minimum Gasteiger partial charge on any atom is -0.490 e. The number of benzene rings is 1. The summed E-state index contributed by atoms with van der Waals surface area (Å²) in [6.07, 6.45) is 5.62. The highest BCUT2D eigenvalue weighted by Crippen LogP contribution is 2.34. The SMILES string of the molecule is CCc1cc(N)c2c(O[C@H]3CC[C@H](COC)CC3)cccc2n1. The van der Waals surface area contributed by atoms with Gasteiger partial charge in [0.1, 0.15) is 5.75 Å². The van der Waals surface area contributed by atoms with E-state index in [4.69, 9.17) is 15.2 Å². The van der Waals surface area contributed by atoms with Gasteiger partial charge in [0.15, 0.2) is 0 Å². The second-order valence-corrected chi connectivity index (χ2v) is 6.42. The average molecular weight is 314 g/mol. The molecule has 23 heavy (non-hydrogen) atoms. The molecular weight excluding hydrogens is 288 g/mol. The van der Waals surface area contributed by atoms with Gasteiger partial charge < -0.3 is 15.2 Å². The number of aromatic nitrogens is 1. The van der Waals surface area contributed by atoms with Crippen LogP contribution >= 0.6 is 0 Å². The van der Waals surface area contributed by atoms with Crippen molar-refractivity contribution < 1.29 is 9.47 Å². The van der Waals surface area contributed by atoms with Gasteiger partial charge in [-0.2, -0.15) is 0 Å². The molecule has 0 unspecified atom stereocenters. The molecule has 124 valence electrons. The fourth-order valence-electron chi connectivity index (χ4n) is 3.45. The lowest BCUT2D eigenvalue weighted by Gasteiger charge is -2.29. The smallest absolute Gasteiger partial charge is 0.131 e. The van der Waals surface area contributed by atoms with E-state index in [2.05, 4.69) is 11.9 Å². The van der Waals surface area contributed by atoms with Crippen LogP contribution in [0.5, 0.6) is 5.75 Å². The standard InChI is InChI=1S/C19H26N2O2/c1-3-14-11-16(20)19-17(21-14)5-4-6-18(19)23-15-9-7-13(8-10-15)12-22-2/h4-6,11,13,15H,3,7-10,12H2,1-2H3,(H2,20,21)/t13-,15-. The van der Waals surface area contributed by atoms with E-state index < -0.39 is 0 Å². The molecule has 0 aliphatic heterocycles. The van der Waals surface area contributed by atoms with Gasteiger partial charge in [-0.15, -0.1) is 0 Å². The predicted molar refractivity (Wildman–Crippen MR) is 93.8 cm³/mol. The number of nitrogen functional groups attached to an aromatic ring is 1. The van der Waals surface area contributed by atoms with Crippen molar-refractivity contribution in [3.05, 3.63) is 30.0 Å². The molecule has 1 aromatic carbocycles. The highest BCUT2D eigenvalue weighted by molar-refractivity contribution is 5.95. The Kier molecular flexibility index (Phi) is 5.01. The average Bonchev–Trinajstić information content (AvgIpc) is 2.56. The molecule has 3 rings (SSSR count). The number of pyridine rings is 1. The summed E-state index contributed by atoms with van der Waals surface area (Å²) in [5.74, 6) is 1.54. The molecule has 2 N–H and O–H groups in total. The van der Waals surface area contributed by atoms with Crippen molar-refractivity contribution in [2.24, 2.45) is 5.92 Å². The molecule has 0 bridgehead atoms. The third-order valence-corrected chi connectivity index (χ3v) is 4.73. The molecule has 4 nitrogen and oxygen atoms in total. The number of anilines is 1. The third-order valence-electron chi connectivity index (χ3n) is 4.73. The van der Waals surface area contributed by atoms with E-state index in [1.54, 1.807) is 7.11 Å². The molecule has 0 atom stereocenters. The molecule has 1 aliphatic rings. The number of hydrogen-bond donors (Lipinski definition) is 1. The van der Waals surface area contributed by atoms with Crippen molar-refractivity contribution in [2.75, 3.05) is 19.5 Å². The van der Waals surface area contributed by atoms with Crippen molar-refractivity contribution in [1.82, 2.24) is 4.98 Å². The maximum atomic E-state index is 6.29. The molecule has 1 saturated carbocycles. The summed E-state index contributed by atoms with van der Waals surface area (Å²) in [6.45, 7) is 2.95. The second kappa shape index (κ2) is 7.18. The number of fused-ring (bicyclic) bond motifs is 1. The third kappa shape index (κ3) is 3.58. The Morgan fingerprint density at radius 2 is 2.00 bits per heavy atom. The van der Waals surface area contributed by atoms with Crippen LogP contribution in [0.4, 0.5) is 5.69 Å². The van der Waals surface area contributed by atoms with Gasteiger partial charge in [0.25, 0.3) is 0 Å². The van der Waals surface area contributed by atoms with E-state index >= 15 is 0 Å². The Bertz CT molecular complexity index is 664. The first-order valence-electron chi connectivity index (χ1n) is 8.55. The van der Waals surface area contributed by atoms with Crippen LogP contribution in [0.3, 0.4) is 0 Å². The Morgan fingerprint density at radius 1 is 1.22 bits per heavy atom. The summed E-state index contributed by atoms with van der Waals surface area (Å²) >= 11 is 0. The van der Waals surface area contributed by atoms with Crippen LogP contribution < -0.4 is 10.5 Å². The number of methoxy groups -OCH3 is 1. The molecule has 0 spiro atoms. The van der Waals surface area contributed by atoms with Crippen LogP contribution in [-0.2, 0) is 11.2 Å². The zero-order chi connectivity index (χ0) is 16.2. The highest BCUT2D eigenvalue weighted by atomic mass is 16.5. The van der Waals surface area contributed by atoms with Gasteiger partial charge in [0, 0.05) is 25.1 Å². The maximum Gasteiger partial charge on any atom is 0.131 e. The van der Waals surface area contributed by atoms with Crippen molar-refractivity contribution >= 4 is 16.6 Å². The van der Waals surface area contributed by atoms with Crippen LogP contribution in [0.15, 0.2) is 24.3 Å². The van der Waals surface area contributed by atoms with Crippen molar-refractivity contribution in [2.45, 2.75) is 45.1 Å². The maximum absolute atomic E-state index is 6.29. The molecule has 1 aliphatic carbocycles. The number of ether oxygens (including phenoxy) is 2. The first kappa shape index (κ1) is 16.1.